The first-order valence-corrected chi connectivity index (χ1v) is 13.4. The minimum absolute atomic E-state index is 0.100. The molecule has 4 rings (SSSR count). The fraction of sp³-hybridized carbons (Fsp3) is 0.185. The van der Waals surface area contributed by atoms with Gasteiger partial charge < -0.3 is 18.9 Å². The number of amides is 1. The van der Waals surface area contributed by atoms with E-state index >= 15 is 0 Å². The molecule has 0 unspecified atom stereocenters. The van der Waals surface area contributed by atoms with E-state index in [-0.39, 0.29) is 5.91 Å². The Balaban J connectivity index is 1.43. The molecule has 9 heteroatoms. The molecule has 1 aliphatic rings. The summed E-state index contributed by atoms with van der Waals surface area (Å²) in [5.41, 5.74) is 1.86. The monoisotopic (exact) mass is 633 g/mol. The second-order valence-corrected chi connectivity index (χ2v) is 10.5. The minimum Gasteiger partial charge on any atom is -0.493 e. The van der Waals surface area contributed by atoms with Gasteiger partial charge in [0.15, 0.2) is 23.0 Å². The zero-order valence-corrected chi connectivity index (χ0v) is 23.5. The van der Waals surface area contributed by atoms with Crippen molar-refractivity contribution in [2.75, 3.05) is 27.4 Å². The highest BCUT2D eigenvalue weighted by Gasteiger charge is 2.32. The van der Waals surface area contributed by atoms with Crippen LogP contribution in [0.4, 0.5) is 0 Å². The number of carbonyl (C=O) groups is 1. The van der Waals surface area contributed by atoms with Gasteiger partial charge in [-0.2, -0.15) is 0 Å². The number of hydrogen-bond donors (Lipinski definition) is 0. The highest BCUT2D eigenvalue weighted by Crippen LogP contribution is 2.38. The Bertz CT molecular complexity index is 1280. The molecule has 0 aliphatic carbocycles. The summed E-state index contributed by atoms with van der Waals surface area (Å²) in [6.07, 6.45) is 1.84. The highest BCUT2D eigenvalue weighted by molar-refractivity contribution is 14.1. The van der Waals surface area contributed by atoms with Crippen LogP contribution in [0.5, 0.6) is 23.0 Å². The first kappa shape index (κ1) is 26.3. The summed E-state index contributed by atoms with van der Waals surface area (Å²) in [6.45, 7) is 1.11. The number of thiocarbonyl (C=S) groups is 1. The molecule has 1 saturated heterocycles. The summed E-state index contributed by atoms with van der Waals surface area (Å²) in [5.74, 6) is 2.42. The van der Waals surface area contributed by atoms with Gasteiger partial charge >= 0.3 is 0 Å². The maximum atomic E-state index is 13.0. The zero-order valence-electron chi connectivity index (χ0n) is 19.7. The standard InChI is InChI=1S/C27H24INO5S2/c1-31-21-10-6-7-11-22(21)33-12-13-34-25-20(28)14-19(15-23(25)32-2)16-24-26(30)29(27(35)36-24)17-18-8-4-3-5-9-18/h3-11,14-16H,12-13,17H2,1-2H3. The summed E-state index contributed by atoms with van der Waals surface area (Å²) in [5, 5.41) is 0. The van der Waals surface area contributed by atoms with Crippen molar-refractivity contribution < 1.29 is 23.7 Å². The van der Waals surface area contributed by atoms with Crippen molar-refractivity contribution in [3.63, 3.8) is 0 Å². The molecule has 1 fully saturated rings. The van der Waals surface area contributed by atoms with Gasteiger partial charge in [0, 0.05) is 0 Å². The first-order chi connectivity index (χ1) is 17.5. The van der Waals surface area contributed by atoms with E-state index in [0.717, 1.165) is 14.7 Å². The molecule has 1 heterocycles. The van der Waals surface area contributed by atoms with Gasteiger partial charge in [-0.1, -0.05) is 66.4 Å². The number of benzene rings is 3. The Labute approximate surface area is 233 Å². The molecule has 0 bridgehead atoms. The molecule has 36 heavy (non-hydrogen) atoms. The smallest absolute Gasteiger partial charge is 0.266 e. The Morgan fingerprint density at radius 1 is 0.917 bits per heavy atom. The van der Waals surface area contributed by atoms with E-state index in [1.807, 2.05) is 72.8 Å². The molecule has 6 nitrogen and oxygen atoms in total. The Morgan fingerprint density at radius 2 is 1.58 bits per heavy atom. The lowest BCUT2D eigenvalue weighted by molar-refractivity contribution is -0.122. The van der Waals surface area contributed by atoms with Crippen LogP contribution >= 0.6 is 46.6 Å². The van der Waals surface area contributed by atoms with Crippen LogP contribution in [0.2, 0.25) is 0 Å². The Hall–Kier alpha value is -2.76. The van der Waals surface area contributed by atoms with Crippen LogP contribution in [0, 0.1) is 3.57 Å². The summed E-state index contributed by atoms with van der Waals surface area (Å²) < 4.78 is 24.1. The number of hydrogen-bond acceptors (Lipinski definition) is 7. The van der Waals surface area contributed by atoms with E-state index in [0.29, 0.717) is 52.0 Å². The largest absolute Gasteiger partial charge is 0.493 e. The topological polar surface area (TPSA) is 57.2 Å². The summed E-state index contributed by atoms with van der Waals surface area (Å²) in [6, 6.07) is 21.1. The fourth-order valence-electron chi connectivity index (χ4n) is 3.55. The Morgan fingerprint density at radius 3 is 2.31 bits per heavy atom. The molecule has 1 aliphatic heterocycles. The van der Waals surface area contributed by atoms with E-state index in [9.17, 15) is 4.79 Å². The van der Waals surface area contributed by atoms with Gasteiger partial charge in [-0.3, -0.25) is 9.69 Å². The van der Waals surface area contributed by atoms with Crippen LogP contribution in [-0.2, 0) is 11.3 Å². The van der Waals surface area contributed by atoms with Crippen molar-refractivity contribution in [2.24, 2.45) is 0 Å². The maximum Gasteiger partial charge on any atom is 0.266 e. The average molecular weight is 634 g/mol. The number of rotatable bonds is 10. The summed E-state index contributed by atoms with van der Waals surface area (Å²) >= 11 is 8.98. The van der Waals surface area contributed by atoms with Crippen molar-refractivity contribution in [1.29, 1.82) is 0 Å². The summed E-state index contributed by atoms with van der Waals surface area (Å²) in [4.78, 5) is 15.2. The second-order valence-electron chi connectivity index (χ2n) is 7.64. The van der Waals surface area contributed by atoms with Crippen molar-refractivity contribution in [2.45, 2.75) is 6.54 Å². The molecule has 0 atom stereocenters. The van der Waals surface area contributed by atoms with Crippen LogP contribution < -0.4 is 18.9 Å². The number of thioether (sulfide) groups is 1. The second kappa shape index (κ2) is 12.5. The van der Waals surface area contributed by atoms with E-state index in [4.69, 9.17) is 31.2 Å². The number of para-hydroxylation sites is 2. The number of ether oxygens (including phenoxy) is 4. The van der Waals surface area contributed by atoms with Crippen LogP contribution in [0.1, 0.15) is 11.1 Å². The number of halogens is 1. The third-order valence-corrected chi connectivity index (χ3v) is 7.44. The van der Waals surface area contributed by atoms with Gasteiger partial charge in [-0.25, -0.2) is 0 Å². The lowest BCUT2D eigenvalue weighted by Gasteiger charge is -2.15. The van der Waals surface area contributed by atoms with Crippen molar-refractivity contribution in [3.05, 3.63) is 86.3 Å². The molecule has 0 saturated carbocycles. The van der Waals surface area contributed by atoms with Crippen molar-refractivity contribution in [1.82, 2.24) is 4.90 Å². The third-order valence-electron chi connectivity index (χ3n) is 5.26. The average Bonchev–Trinajstić information content (AvgIpc) is 3.15. The van der Waals surface area contributed by atoms with Crippen LogP contribution in [0.15, 0.2) is 71.6 Å². The molecular formula is C27H24INO5S2. The first-order valence-electron chi connectivity index (χ1n) is 11.1. The normalized spacial score (nSPS) is 14.3. The molecule has 0 spiro atoms. The molecule has 0 aromatic heterocycles. The third kappa shape index (κ3) is 6.32. The quantitative estimate of drug-likeness (QED) is 0.115. The highest BCUT2D eigenvalue weighted by atomic mass is 127. The van der Waals surface area contributed by atoms with E-state index in [1.165, 1.54) is 11.8 Å². The SMILES string of the molecule is COc1ccccc1OCCOc1c(I)cc(C=C2SC(=S)N(Cc3ccccc3)C2=O)cc1OC. The molecule has 1 amide bonds. The molecule has 186 valence electrons. The van der Waals surface area contributed by atoms with Gasteiger partial charge in [0.1, 0.15) is 17.5 Å². The zero-order chi connectivity index (χ0) is 25.5. The Kier molecular flexibility index (Phi) is 9.11. The van der Waals surface area contributed by atoms with Crippen LogP contribution in [0.25, 0.3) is 6.08 Å². The van der Waals surface area contributed by atoms with E-state index < -0.39 is 0 Å². The van der Waals surface area contributed by atoms with E-state index in [2.05, 4.69) is 22.6 Å². The van der Waals surface area contributed by atoms with Gasteiger partial charge in [-0.15, -0.1) is 0 Å². The molecule has 3 aromatic carbocycles. The summed E-state index contributed by atoms with van der Waals surface area (Å²) in [7, 11) is 3.20. The lowest BCUT2D eigenvalue weighted by Crippen LogP contribution is -2.27. The van der Waals surface area contributed by atoms with Crippen LogP contribution in [-0.4, -0.2) is 42.6 Å². The maximum absolute atomic E-state index is 13.0. The number of methoxy groups -OCH3 is 2. The number of carbonyl (C=O) groups excluding carboxylic acids is 1. The molecule has 0 radical (unpaired) electrons. The van der Waals surface area contributed by atoms with E-state index in [1.54, 1.807) is 19.1 Å². The molecule has 3 aromatic rings. The van der Waals surface area contributed by atoms with Gasteiger partial charge in [0.25, 0.3) is 5.91 Å². The van der Waals surface area contributed by atoms with Gasteiger partial charge in [0.05, 0.1) is 29.2 Å². The fourth-order valence-corrected chi connectivity index (χ4v) is 5.59. The minimum atomic E-state index is -0.100. The predicted octanol–water partition coefficient (Wildman–Crippen LogP) is 6.17. The van der Waals surface area contributed by atoms with Crippen molar-refractivity contribution >= 4 is 62.9 Å². The van der Waals surface area contributed by atoms with Crippen molar-refractivity contribution in [3.8, 4) is 23.0 Å². The molecule has 0 N–H and O–H groups in total. The lowest BCUT2D eigenvalue weighted by atomic mass is 10.1. The molecular weight excluding hydrogens is 609 g/mol. The van der Waals surface area contributed by atoms with Gasteiger partial charge in [0.2, 0.25) is 0 Å². The predicted molar refractivity (Wildman–Crippen MR) is 155 cm³/mol. The van der Waals surface area contributed by atoms with Crippen LogP contribution in [0.3, 0.4) is 0 Å². The van der Waals surface area contributed by atoms with Gasteiger partial charge in [-0.05, 0) is 64.1 Å². The number of nitrogens with zero attached hydrogens (tertiary/aromatic N) is 1.